The minimum Gasteiger partial charge on any atom is -0.493 e. The normalized spacial score (nSPS) is 16.3. The van der Waals surface area contributed by atoms with Gasteiger partial charge in [-0.3, -0.25) is 9.59 Å². The van der Waals surface area contributed by atoms with E-state index in [0.717, 1.165) is 5.56 Å². The van der Waals surface area contributed by atoms with Gasteiger partial charge in [-0.05, 0) is 12.3 Å². The number of ether oxygens (including phenoxy) is 2. The maximum Gasteiger partial charge on any atom is 0.257 e. The molecule has 0 saturated carbocycles. The lowest BCUT2D eigenvalue weighted by molar-refractivity contribution is -0.116. The highest BCUT2D eigenvalue weighted by Gasteiger charge is 2.33. The molecule has 1 amide bonds. The largest absolute Gasteiger partial charge is 0.493 e. The summed E-state index contributed by atoms with van der Waals surface area (Å²) in [4.78, 5) is 31.7. The standard InChI is InChI=1S/C16H17N3O4S/c1-22-10-6-4-5-8(13(10)23-2)9-7-11(20)17-14-12(9)15(21)19-16(18-14)24-3/h4-6,9H,7H2,1-3H3,(H2,17,18,19,20,21)/t9-/m0/s1. The maximum absolute atomic E-state index is 12.6. The first kappa shape index (κ1) is 16.4. The fourth-order valence-corrected chi connectivity index (χ4v) is 3.28. The van der Waals surface area contributed by atoms with Crippen LogP contribution in [0.3, 0.4) is 0 Å². The van der Waals surface area contributed by atoms with E-state index in [2.05, 4.69) is 15.3 Å². The third-order valence-electron chi connectivity index (χ3n) is 3.93. The van der Waals surface area contributed by atoms with E-state index in [0.29, 0.717) is 28.0 Å². The second kappa shape index (κ2) is 6.56. The molecule has 0 fully saturated rings. The third kappa shape index (κ3) is 2.73. The number of hydrogen-bond acceptors (Lipinski definition) is 6. The number of para-hydroxylation sites is 1. The number of thioether (sulfide) groups is 1. The maximum atomic E-state index is 12.6. The van der Waals surface area contributed by atoms with Gasteiger partial charge in [0.05, 0.1) is 19.8 Å². The predicted octanol–water partition coefficient (Wildman–Crippen LogP) is 1.98. The molecule has 0 saturated heterocycles. The van der Waals surface area contributed by atoms with Gasteiger partial charge in [0.1, 0.15) is 5.82 Å². The van der Waals surface area contributed by atoms with E-state index in [1.807, 2.05) is 6.07 Å². The molecule has 1 atom stereocenters. The Bertz CT molecular complexity index is 850. The number of anilines is 1. The Balaban J connectivity index is 2.22. The number of methoxy groups -OCH3 is 2. The van der Waals surface area contributed by atoms with Gasteiger partial charge in [-0.1, -0.05) is 23.9 Å². The van der Waals surface area contributed by atoms with Crippen LogP contribution >= 0.6 is 11.8 Å². The number of benzene rings is 1. The zero-order valence-electron chi connectivity index (χ0n) is 13.5. The summed E-state index contributed by atoms with van der Waals surface area (Å²) in [6.45, 7) is 0. The van der Waals surface area contributed by atoms with E-state index in [9.17, 15) is 9.59 Å². The zero-order chi connectivity index (χ0) is 17.3. The van der Waals surface area contributed by atoms with Crippen molar-refractivity contribution in [1.82, 2.24) is 9.97 Å². The Kier molecular flexibility index (Phi) is 4.48. The number of hydrogen-bond donors (Lipinski definition) is 2. The van der Waals surface area contributed by atoms with Crippen LogP contribution in [0.1, 0.15) is 23.5 Å². The molecule has 1 aromatic heterocycles. The lowest BCUT2D eigenvalue weighted by Gasteiger charge is -2.26. The van der Waals surface area contributed by atoms with Crippen molar-refractivity contribution < 1.29 is 14.3 Å². The molecule has 0 spiro atoms. The molecule has 2 heterocycles. The van der Waals surface area contributed by atoms with Gasteiger partial charge in [0.25, 0.3) is 5.56 Å². The zero-order valence-corrected chi connectivity index (χ0v) is 14.3. The number of amides is 1. The highest BCUT2D eigenvalue weighted by Crippen LogP contribution is 2.42. The van der Waals surface area contributed by atoms with Crippen LogP contribution in [0, 0.1) is 0 Å². The summed E-state index contributed by atoms with van der Waals surface area (Å²) in [6.07, 6.45) is 1.94. The summed E-state index contributed by atoms with van der Waals surface area (Å²) < 4.78 is 10.8. The molecule has 3 rings (SSSR count). The smallest absolute Gasteiger partial charge is 0.257 e. The first-order valence-corrected chi connectivity index (χ1v) is 8.50. The number of rotatable bonds is 4. The molecule has 1 aliphatic heterocycles. The highest BCUT2D eigenvalue weighted by molar-refractivity contribution is 7.98. The van der Waals surface area contributed by atoms with E-state index in [1.165, 1.54) is 18.9 Å². The molecule has 126 valence electrons. The van der Waals surface area contributed by atoms with Crippen LogP contribution in [0.25, 0.3) is 0 Å². The van der Waals surface area contributed by atoms with E-state index in [4.69, 9.17) is 9.47 Å². The Morgan fingerprint density at radius 2 is 2.04 bits per heavy atom. The van der Waals surface area contributed by atoms with Gasteiger partial charge in [0.2, 0.25) is 5.91 Å². The number of aromatic nitrogens is 2. The van der Waals surface area contributed by atoms with Gasteiger partial charge in [0, 0.05) is 17.9 Å². The summed E-state index contributed by atoms with van der Waals surface area (Å²) in [7, 11) is 3.08. The van der Waals surface area contributed by atoms with E-state index in [-0.39, 0.29) is 17.9 Å². The van der Waals surface area contributed by atoms with Gasteiger partial charge < -0.3 is 19.8 Å². The van der Waals surface area contributed by atoms with Crippen molar-refractivity contribution in [2.75, 3.05) is 25.8 Å². The van der Waals surface area contributed by atoms with E-state index < -0.39 is 5.92 Å². The molecule has 0 radical (unpaired) electrons. The van der Waals surface area contributed by atoms with Crippen molar-refractivity contribution in [3.63, 3.8) is 0 Å². The van der Waals surface area contributed by atoms with Crippen LogP contribution < -0.4 is 20.3 Å². The van der Waals surface area contributed by atoms with Crippen molar-refractivity contribution in [2.45, 2.75) is 17.5 Å². The number of aromatic amines is 1. The van der Waals surface area contributed by atoms with Crippen molar-refractivity contribution in [3.05, 3.63) is 39.7 Å². The van der Waals surface area contributed by atoms with Crippen LogP contribution in [-0.2, 0) is 4.79 Å². The minimum atomic E-state index is -0.453. The molecule has 7 nitrogen and oxygen atoms in total. The molecular weight excluding hydrogens is 330 g/mol. The Labute approximate surface area is 142 Å². The summed E-state index contributed by atoms with van der Waals surface area (Å²) >= 11 is 1.31. The lowest BCUT2D eigenvalue weighted by Crippen LogP contribution is -2.31. The fraction of sp³-hybridized carbons (Fsp3) is 0.312. The average molecular weight is 347 g/mol. The molecule has 0 aliphatic carbocycles. The lowest BCUT2D eigenvalue weighted by atomic mass is 9.86. The molecule has 0 unspecified atom stereocenters. The minimum absolute atomic E-state index is 0.139. The predicted molar refractivity (Wildman–Crippen MR) is 91.3 cm³/mol. The van der Waals surface area contributed by atoms with Gasteiger partial charge in [-0.25, -0.2) is 4.98 Å². The first-order chi connectivity index (χ1) is 11.6. The van der Waals surface area contributed by atoms with Gasteiger partial charge >= 0.3 is 0 Å². The number of nitrogens with one attached hydrogen (secondary N) is 2. The van der Waals surface area contributed by atoms with Crippen LogP contribution in [0.2, 0.25) is 0 Å². The van der Waals surface area contributed by atoms with E-state index >= 15 is 0 Å². The van der Waals surface area contributed by atoms with Crippen LogP contribution in [-0.4, -0.2) is 36.4 Å². The second-order valence-corrected chi connectivity index (χ2v) is 6.02. The van der Waals surface area contributed by atoms with Crippen molar-refractivity contribution in [2.24, 2.45) is 0 Å². The molecule has 1 aromatic carbocycles. The van der Waals surface area contributed by atoms with E-state index in [1.54, 1.807) is 25.5 Å². The first-order valence-electron chi connectivity index (χ1n) is 7.28. The third-order valence-corrected chi connectivity index (χ3v) is 4.51. The van der Waals surface area contributed by atoms with Gasteiger partial charge in [-0.2, -0.15) is 0 Å². The van der Waals surface area contributed by atoms with Crippen LogP contribution in [0.15, 0.2) is 28.2 Å². The molecule has 24 heavy (non-hydrogen) atoms. The quantitative estimate of drug-likeness (QED) is 0.649. The molecule has 2 N–H and O–H groups in total. The average Bonchev–Trinajstić information content (AvgIpc) is 2.59. The van der Waals surface area contributed by atoms with Crippen molar-refractivity contribution in [1.29, 1.82) is 0 Å². The topological polar surface area (TPSA) is 93.3 Å². The van der Waals surface area contributed by atoms with Crippen LogP contribution in [0.5, 0.6) is 11.5 Å². The number of carbonyl (C=O) groups is 1. The summed E-state index contributed by atoms with van der Waals surface area (Å²) in [6, 6.07) is 5.41. The number of H-pyrrole nitrogens is 1. The fourth-order valence-electron chi connectivity index (χ4n) is 2.90. The Morgan fingerprint density at radius 3 is 2.71 bits per heavy atom. The molecule has 2 aromatic rings. The summed E-state index contributed by atoms with van der Waals surface area (Å²) in [5.74, 6) is 0.717. The van der Waals surface area contributed by atoms with Gasteiger partial charge in [-0.15, -0.1) is 0 Å². The Hall–Kier alpha value is -2.48. The van der Waals surface area contributed by atoms with Crippen molar-refractivity contribution in [3.8, 4) is 11.5 Å². The molecule has 1 aliphatic rings. The van der Waals surface area contributed by atoms with Crippen molar-refractivity contribution >= 4 is 23.5 Å². The molecular formula is C16H17N3O4S. The number of nitrogens with zero attached hydrogens (tertiary/aromatic N) is 1. The van der Waals surface area contributed by atoms with Crippen LogP contribution in [0.4, 0.5) is 5.82 Å². The number of fused-ring (bicyclic) bond motifs is 1. The molecule has 8 heteroatoms. The monoisotopic (exact) mass is 347 g/mol. The SMILES string of the molecule is COc1cccc([C@@H]2CC(=O)Nc3nc(SC)[nH]c(=O)c32)c1OC. The summed E-state index contributed by atoms with van der Waals surface area (Å²) in [5.41, 5.74) is 0.885. The second-order valence-electron chi connectivity index (χ2n) is 5.23. The summed E-state index contributed by atoms with van der Waals surface area (Å²) in [5, 5.41) is 3.14. The highest BCUT2D eigenvalue weighted by atomic mass is 32.2. The van der Waals surface area contributed by atoms with Gasteiger partial charge in [0.15, 0.2) is 16.7 Å². The molecule has 0 bridgehead atoms. The number of carbonyl (C=O) groups excluding carboxylic acids is 1. The Morgan fingerprint density at radius 1 is 1.25 bits per heavy atom.